The van der Waals surface area contributed by atoms with E-state index in [2.05, 4.69) is 10.6 Å². The van der Waals surface area contributed by atoms with Crippen LogP contribution in [-0.2, 0) is 9.59 Å². The minimum atomic E-state index is -0.519. The number of piperidine rings is 1. The van der Waals surface area contributed by atoms with E-state index in [1.807, 2.05) is 0 Å². The van der Waals surface area contributed by atoms with Gasteiger partial charge in [0, 0.05) is 12.1 Å². The zero-order chi connectivity index (χ0) is 15.1. The first-order valence-corrected chi connectivity index (χ1v) is 7.15. The number of amides is 2. The molecule has 6 nitrogen and oxygen atoms in total. The van der Waals surface area contributed by atoms with Crippen LogP contribution < -0.4 is 21.1 Å². The molecule has 0 unspecified atom stereocenters. The quantitative estimate of drug-likeness (QED) is 0.734. The molecule has 2 amide bonds. The van der Waals surface area contributed by atoms with Crippen LogP contribution in [0.3, 0.4) is 0 Å². The van der Waals surface area contributed by atoms with E-state index in [0.29, 0.717) is 18.1 Å². The summed E-state index contributed by atoms with van der Waals surface area (Å²) >= 11 is 0. The summed E-state index contributed by atoms with van der Waals surface area (Å²) in [5.41, 5.74) is 5.72. The fraction of sp³-hybridized carbons (Fsp3) is 0.467. The summed E-state index contributed by atoms with van der Waals surface area (Å²) in [7, 11) is 0. The highest BCUT2D eigenvalue weighted by Gasteiger charge is 2.16. The van der Waals surface area contributed by atoms with Gasteiger partial charge >= 0.3 is 0 Å². The predicted molar refractivity (Wildman–Crippen MR) is 87.2 cm³/mol. The van der Waals surface area contributed by atoms with Crippen molar-refractivity contribution in [2.24, 2.45) is 11.7 Å². The Morgan fingerprint density at radius 2 is 1.86 bits per heavy atom. The van der Waals surface area contributed by atoms with E-state index in [1.165, 1.54) is 0 Å². The number of carbonyl (C=O) groups is 2. The van der Waals surface area contributed by atoms with Crippen molar-refractivity contribution < 1.29 is 14.3 Å². The van der Waals surface area contributed by atoms with Crippen LogP contribution in [-0.4, -0.2) is 31.5 Å². The minimum Gasteiger partial charge on any atom is -0.484 e. The van der Waals surface area contributed by atoms with Gasteiger partial charge in [-0.3, -0.25) is 9.59 Å². The Morgan fingerprint density at radius 1 is 1.23 bits per heavy atom. The van der Waals surface area contributed by atoms with Crippen molar-refractivity contribution in [1.29, 1.82) is 0 Å². The molecule has 1 aromatic rings. The van der Waals surface area contributed by atoms with Crippen molar-refractivity contribution in [3.8, 4) is 5.75 Å². The van der Waals surface area contributed by atoms with E-state index in [4.69, 9.17) is 10.5 Å². The molecule has 22 heavy (non-hydrogen) atoms. The summed E-state index contributed by atoms with van der Waals surface area (Å²) < 4.78 is 5.15. The molecule has 0 spiro atoms. The molecule has 2 rings (SSSR count). The average molecular weight is 328 g/mol. The van der Waals surface area contributed by atoms with Crippen molar-refractivity contribution in [1.82, 2.24) is 5.32 Å². The van der Waals surface area contributed by atoms with Gasteiger partial charge in [0.25, 0.3) is 5.91 Å². The lowest BCUT2D eigenvalue weighted by Crippen LogP contribution is -2.30. The van der Waals surface area contributed by atoms with Crippen LogP contribution in [0.5, 0.6) is 5.75 Å². The number of ether oxygens (including phenoxy) is 1. The standard InChI is InChI=1S/C15H21N3O3.ClH/c16-14(19)10-21-13-3-1-12(2-4-13)18-15(20)9-11-5-7-17-8-6-11;/h1-4,11,17H,5-10H2,(H2,16,19)(H,18,20);1H. The maximum absolute atomic E-state index is 12.0. The normalized spacial score (nSPS) is 14.7. The van der Waals surface area contributed by atoms with Crippen molar-refractivity contribution >= 4 is 29.9 Å². The number of halogens is 1. The molecule has 122 valence electrons. The third kappa shape index (κ3) is 6.32. The first-order valence-electron chi connectivity index (χ1n) is 7.15. The van der Waals surface area contributed by atoms with Gasteiger partial charge in [0.2, 0.25) is 5.91 Å². The Bertz CT molecular complexity index is 487. The molecule has 4 N–H and O–H groups in total. The van der Waals surface area contributed by atoms with Crippen molar-refractivity contribution in [3.05, 3.63) is 24.3 Å². The fourth-order valence-electron chi connectivity index (χ4n) is 2.35. The van der Waals surface area contributed by atoms with Gasteiger partial charge in [-0.25, -0.2) is 0 Å². The van der Waals surface area contributed by atoms with Crippen LogP contribution in [0.4, 0.5) is 5.69 Å². The topological polar surface area (TPSA) is 93.5 Å². The maximum atomic E-state index is 12.0. The summed E-state index contributed by atoms with van der Waals surface area (Å²) in [6, 6.07) is 6.89. The molecular formula is C15H22ClN3O3. The van der Waals surface area contributed by atoms with Crippen LogP contribution in [0.25, 0.3) is 0 Å². The molecule has 0 saturated carbocycles. The summed E-state index contributed by atoms with van der Waals surface area (Å²) in [6.45, 7) is 1.83. The second-order valence-electron chi connectivity index (χ2n) is 5.23. The summed E-state index contributed by atoms with van der Waals surface area (Å²) in [5, 5.41) is 6.16. The molecule has 1 fully saturated rings. The minimum absolute atomic E-state index is 0. The Kier molecular flexibility index (Phi) is 7.70. The second-order valence-corrected chi connectivity index (χ2v) is 5.23. The molecule has 0 bridgehead atoms. The predicted octanol–water partition coefficient (Wildman–Crippen LogP) is 1.30. The third-order valence-corrected chi connectivity index (χ3v) is 3.45. The smallest absolute Gasteiger partial charge is 0.255 e. The zero-order valence-corrected chi connectivity index (χ0v) is 13.2. The Balaban J connectivity index is 0.00000242. The lowest BCUT2D eigenvalue weighted by molar-refractivity contribution is -0.120. The van der Waals surface area contributed by atoms with Gasteiger partial charge in [0.1, 0.15) is 5.75 Å². The van der Waals surface area contributed by atoms with E-state index in [1.54, 1.807) is 24.3 Å². The Labute approximate surface area is 136 Å². The van der Waals surface area contributed by atoms with Gasteiger partial charge in [-0.15, -0.1) is 12.4 Å². The van der Waals surface area contributed by atoms with E-state index < -0.39 is 5.91 Å². The summed E-state index contributed by atoms with van der Waals surface area (Å²) in [4.78, 5) is 22.6. The van der Waals surface area contributed by atoms with Gasteiger partial charge in [0.05, 0.1) is 0 Å². The molecule has 1 saturated heterocycles. The SMILES string of the molecule is Cl.NC(=O)COc1ccc(NC(=O)CC2CCNCC2)cc1. The highest BCUT2D eigenvalue weighted by molar-refractivity contribution is 5.90. The number of hydrogen-bond donors (Lipinski definition) is 3. The average Bonchev–Trinajstić information content (AvgIpc) is 2.47. The molecule has 0 aliphatic carbocycles. The van der Waals surface area contributed by atoms with Gasteiger partial charge in [0.15, 0.2) is 6.61 Å². The number of carbonyl (C=O) groups excluding carboxylic acids is 2. The number of benzene rings is 1. The summed E-state index contributed by atoms with van der Waals surface area (Å²) in [5.74, 6) is 0.525. The lowest BCUT2D eigenvalue weighted by atomic mass is 9.94. The Morgan fingerprint density at radius 3 is 2.45 bits per heavy atom. The second kappa shape index (κ2) is 9.27. The van der Waals surface area contributed by atoms with E-state index in [-0.39, 0.29) is 24.9 Å². The highest BCUT2D eigenvalue weighted by Crippen LogP contribution is 2.19. The molecule has 1 aromatic carbocycles. The van der Waals surface area contributed by atoms with Gasteiger partial charge in [-0.1, -0.05) is 0 Å². The van der Waals surface area contributed by atoms with Crippen LogP contribution in [0.1, 0.15) is 19.3 Å². The number of nitrogens with two attached hydrogens (primary N) is 1. The van der Waals surface area contributed by atoms with E-state index in [0.717, 1.165) is 31.6 Å². The third-order valence-electron chi connectivity index (χ3n) is 3.45. The van der Waals surface area contributed by atoms with Gasteiger partial charge in [-0.2, -0.15) is 0 Å². The van der Waals surface area contributed by atoms with E-state index >= 15 is 0 Å². The molecule has 1 heterocycles. The number of anilines is 1. The van der Waals surface area contributed by atoms with Crippen LogP contribution in [0.2, 0.25) is 0 Å². The number of hydrogen-bond acceptors (Lipinski definition) is 4. The van der Waals surface area contributed by atoms with Crippen molar-refractivity contribution in [2.45, 2.75) is 19.3 Å². The molecule has 7 heteroatoms. The molecule has 0 atom stereocenters. The number of rotatable bonds is 6. The number of primary amides is 1. The first-order chi connectivity index (χ1) is 10.1. The molecule has 1 aliphatic heterocycles. The number of nitrogens with one attached hydrogen (secondary N) is 2. The fourth-order valence-corrected chi connectivity index (χ4v) is 2.35. The van der Waals surface area contributed by atoms with Gasteiger partial charge < -0.3 is 21.1 Å². The van der Waals surface area contributed by atoms with Crippen LogP contribution >= 0.6 is 12.4 Å². The van der Waals surface area contributed by atoms with Crippen LogP contribution in [0.15, 0.2) is 24.3 Å². The molecule has 1 aliphatic rings. The van der Waals surface area contributed by atoms with E-state index in [9.17, 15) is 9.59 Å². The molecular weight excluding hydrogens is 306 g/mol. The van der Waals surface area contributed by atoms with Crippen LogP contribution in [0, 0.1) is 5.92 Å². The monoisotopic (exact) mass is 327 g/mol. The maximum Gasteiger partial charge on any atom is 0.255 e. The van der Waals surface area contributed by atoms with Crippen molar-refractivity contribution in [3.63, 3.8) is 0 Å². The van der Waals surface area contributed by atoms with Crippen molar-refractivity contribution in [2.75, 3.05) is 25.0 Å². The first kappa shape index (κ1) is 18.3. The Hall–Kier alpha value is -1.79. The molecule has 0 radical (unpaired) electrons. The lowest BCUT2D eigenvalue weighted by Gasteiger charge is -2.21. The van der Waals surface area contributed by atoms with Gasteiger partial charge in [-0.05, 0) is 56.1 Å². The molecule has 0 aromatic heterocycles. The zero-order valence-electron chi connectivity index (χ0n) is 12.3. The summed E-state index contributed by atoms with van der Waals surface area (Å²) in [6.07, 6.45) is 2.65. The largest absolute Gasteiger partial charge is 0.484 e. The highest BCUT2D eigenvalue weighted by atomic mass is 35.5.